The molecule has 0 aromatic heterocycles. The normalized spacial score (nSPS) is 22.3. The summed E-state index contributed by atoms with van der Waals surface area (Å²) in [6, 6.07) is 0.375. The molecule has 1 aliphatic rings. The van der Waals surface area contributed by atoms with E-state index in [9.17, 15) is 4.79 Å². The van der Waals surface area contributed by atoms with Gasteiger partial charge in [0.2, 0.25) is 5.91 Å². The zero-order valence-electron chi connectivity index (χ0n) is 11.4. The van der Waals surface area contributed by atoms with E-state index in [1.54, 1.807) is 0 Å². The Kier molecular flexibility index (Phi) is 5.96. The van der Waals surface area contributed by atoms with Crippen molar-refractivity contribution in [3.8, 4) is 0 Å². The van der Waals surface area contributed by atoms with Crippen LogP contribution in [0.15, 0.2) is 0 Å². The second-order valence-electron chi connectivity index (χ2n) is 5.63. The molecular formula is C14H28N2O. The minimum absolute atomic E-state index is 0.146. The van der Waals surface area contributed by atoms with Gasteiger partial charge in [0.15, 0.2) is 0 Å². The summed E-state index contributed by atoms with van der Waals surface area (Å²) in [7, 11) is 0. The second-order valence-corrected chi connectivity index (χ2v) is 5.63. The lowest BCUT2D eigenvalue weighted by Gasteiger charge is -2.29. The van der Waals surface area contributed by atoms with Gasteiger partial charge in [0.05, 0.1) is 5.41 Å². The molecule has 1 fully saturated rings. The number of hydrogen-bond donors (Lipinski definition) is 2. The van der Waals surface area contributed by atoms with Crippen molar-refractivity contribution >= 4 is 5.91 Å². The van der Waals surface area contributed by atoms with Crippen molar-refractivity contribution in [3.05, 3.63) is 0 Å². The molecule has 0 aromatic rings. The standard InChI is InChI=1S/C14H28N2O/c1-3-14(2,11-15)13(17)16-12-9-7-5-4-6-8-10-12/h12H,3-11,15H2,1-2H3,(H,16,17). The molecule has 0 heterocycles. The van der Waals surface area contributed by atoms with Crippen LogP contribution in [-0.2, 0) is 4.79 Å². The molecule has 0 radical (unpaired) electrons. The predicted octanol–water partition coefficient (Wildman–Crippen LogP) is 2.59. The van der Waals surface area contributed by atoms with Crippen LogP contribution in [0.3, 0.4) is 0 Å². The Morgan fingerprint density at radius 1 is 1.24 bits per heavy atom. The van der Waals surface area contributed by atoms with Gasteiger partial charge in [-0.25, -0.2) is 0 Å². The van der Waals surface area contributed by atoms with Crippen molar-refractivity contribution in [2.45, 2.75) is 71.3 Å². The van der Waals surface area contributed by atoms with Gasteiger partial charge < -0.3 is 11.1 Å². The van der Waals surface area contributed by atoms with E-state index >= 15 is 0 Å². The van der Waals surface area contributed by atoms with Gasteiger partial charge in [0.1, 0.15) is 0 Å². The topological polar surface area (TPSA) is 55.1 Å². The van der Waals surface area contributed by atoms with Crippen LogP contribution in [0.5, 0.6) is 0 Å². The van der Waals surface area contributed by atoms with E-state index in [2.05, 4.69) is 5.32 Å². The van der Waals surface area contributed by atoms with Crippen LogP contribution < -0.4 is 11.1 Å². The molecule has 17 heavy (non-hydrogen) atoms. The maximum atomic E-state index is 12.2. The van der Waals surface area contributed by atoms with E-state index in [-0.39, 0.29) is 11.3 Å². The fourth-order valence-corrected chi connectivity index (χ4v) is 2.36. The molecule has 1 amide bonds. The van der Waals surface area contributed by atoms with Crippen LogP contribution in [0, 0.1) is 5.41 Å². The quantitative estimate of drug-likeness (QED) is 0.793. The van der Waals surface area contributed by atoms with Gasteiger partial charge in [-0.2, -0.15) is 0 Å². The van der Waals surface area contributed by atoms with E-state index in [1.165, 1.54) is 32.1 Å². The predicted molar refractivity (Wildman–Crippen MR) is 71.7 cm³/mol. The maximum Gasteiger partial charge on any atom is 0.227 e. The monoisotopic (exact) mass is 240 g/mol. The summed E-state index contributed by atoms with van der Waals surface area (Å²) in [4.78, 5) is 12.2. The molecule has 0 bridgehead atoms. The number of hydrogen-bond acceptors (Lipinski definition) is 2. The van der Waals surface area contributed by atoms with Gasteiger partial charge in [-0.1, -0.05) is 39.0 Å². The van der Waals surface area contributed by atoms with E-state index < -0.39 is 0 Å². The first-order valence-electron chi connectivity index (χ1n) is 7.13. The van der Waals surface area contributed by atoms with Crippen molar-refractivity contribution in [3.63, 3.8) is 0 Å². The Balaban J connectivity index is 2.47. The highest BCUT2D eigenvalue weighted by Crippen LogP contribution is 2.22. The zero-order valence-corrected chi connectivity index (χ0v) is 11.4. The Bertz CT molecular complexity index is 228. The minimum Gasteiger partial charge on any atom is -0.353 e. The van der Waals surface area contributed by atoms with E-state index in [0.717, 1.165) is 19.3 Å². The Labute approximate surface area is 106 Å². The first-order chi connectivity index (χ1) is 8.12. The molecule has 0 spiro atoms. The molecule has 3 N–H and O–H groups in total. The number of carbonyl (C=O) groups excluding carboxylic acids is 1. The van der Waals surface area contributed by atoms with Crippen molar-refractivity contribution in [2.75, 3.05) is 6.54 Å². The molecule has 0 aliphatic heterocycles. The van der Waals surface area contributed by atoms with Crippen molar-refractivity contribution in [1.82, 2.24) is 5.32 Å². The maximum absolute atomic E-state index is 12.2. The van der Waals surface area contributed by atoms with Crippen LogP contribution in [0.4, 0.5) is 0 Å². The summed E-state index contributed by atoms with van der Waals surface area (Å²) in [5.41, 5.74) is 5.33. The third-order valence-corrected chi connectivity index (χ3v) is 4.22. The molecule has 0 aromatic carbocycles. The van der Waals surface area contributed by atoms with Crippen LogP contribution in [0.25, 0.3) is 0 Å². The summed E-state index contributed by atoms with van der Waals surface area (Å²) in [5.74, 6) is 0.146. The number of amides is 1. The number of nitrogens with one attached hydrogen (secondary N) is 1. The molecule has 100 valence electrons. The average Bonchev–Trinajstić information content (AvgIpc) is 2.31. The highest BCUT2D eigenvalue weighted by atomic mass is 16.2. The van der Waals surface area contributed by atoms with Crippen LogP contribution in [0.2, 0.25) is 0 Å². The first-order valence-corrected chi connectivity index (χ1v) is 7.13. The average molecular weight is 240 g/mol. The Morgan fingerprint density at radius 2 is 1.76 bits per heavy atom. The third kappa shape index (κ3) is 4.30. The molecule has 1 atom stereocenters. The highest BCUT2D eigenvalue weighted by molar-refractivity contribution is 5.82. The van der Waals surface area contributed by atoms with E-state index in [1.807, 2.05) is 13.8 Å². The van der Waals surface area contributed by atoms with Gasteiger partial charge in [-0.05, 0) is 26.2 Å². The zero-order chi connectivity index (χ0) is 12.7. The Hall–Kier alpha value is -0.570. The Morgan fingerprint density at radius 3 is 2.24 bits per heavy atom. The third-order valence-electron chi connectivity index (χ3n) is 4.22. The van der Waals surface area contributed by atoms with Gasteiger partial charge in [0, 0.05) is 12.6 Å². The second kappa shape index (κ2) is 7.00. The highest BCUT2D eigenvalue weighted by Gasteiger charge is 2.30. The first kappa shape index (κ1) is 14.5. The minimum atomic E-state index is -0.387. The lowest BCUT2D eigenvalue weighted by atomic mass is 9.86. The van der Waals surface area contributed by atoms with Crippen molar-refractivity contribution in [2.24, 2.45) is 11.1 Å². The smallest absolute Gasteiger partial charge is 0.227 e. The van der Waals surface area contributed by atoms with Crippen LogP contribution in [-0.4, -0.2) is 18.5 Å². The molecule has 1 unspecified atom stereocenters. The van der Waals surface area contributed by atoms with Gasteiger partial charge in [0.25, 0.3) is 0 Å². The van der Waals surface area contributed by atoms with Gasteiger partial charge in [-0.3, -0.25) is 4.79 Å². The summed E-state index contributed by atoms with van der Waals surface area (Å²) >= 11 is 0. The van der Waals surface area contributed by atoms with Crippen molar-refractivity contribution < 1.29 is 4.79 Å². The molecule has 1 rings (SSSR count). The van der Waals surface area contributed by atoms with E-state index in [0.29, 0.717) is 12.6 Å². The summed E-state index contributed by atoms with van der Waals surface area (Å²) in [5, 5.41) is 3.21. The molecule has 1 saturated carbocycles. The van der Waals surface area contributed by atoms with Crippen LogP contribution in [0.1, 0.15) is 65.2 Å². The van der Waals surface area contributed by atoms with Crippen molar-refractivity contribution in [1.29, 1.82) is 0 Å². The van der Waals surface area contributed by atoms with Gasteiger partial charge in [-0.15, -0.1) is 0 Å². The molecule has 0 saturated heterocycles. The number of carbonyl (C=O) groups is 1. The molecule has 3 heteroatoms. The molecule has 1 aliphatic carbocycles. The summed E-state index contributed by atoms with van der Waals surface area (Å²) in [6.45, 7) is 4.43. The van der Waals surface area contributed by atoms with Gasteiger partial charge >= 0.3 is 0 Å². The summed E-state index contributed by atoms with van der Waals surface area (Å²) < 4.78 is 0. The number of rotatable bonds is 4. The largest absolute Gasteiger partial charge is 0.353 e. The molecular weight excluding hydrogens is 212 g/mol. The lowest BCUT2D eigenvalue weighted by molar-refractivity contribution is -0.130. The fraction of sp³-hybridized carbons (Fsp3) is 0.929. The fourth-order valence-electron chi connectivity index (χ4n) is 2.36. The molecule has 3 nitrogen and oxygen atoms in total. The van der Waals surface area contributed by atoms with Crippen LogP contribution >= 0.6 is 0 Å². The number of nitrogens with two attached hydrogens (primary N) is 1. The summed E-state index contributed by atoms with van der Waals surface area (Å²) in [6.07, 6.45) is 9.56. The lowest BCUT2D eigenvalue weighted by Crippen LogP contribution is -2.47. The SMILES string of the molecule is CCC(C)(CN)C(=O)NC1CCCCCCC1. The van der Waals surface area contributed by atoms with E-state index in [4.69, 9.17) is 5.73 Å².